The first-order chi connectivity index (χ1) is 5.77. The van der Waals surface area contributed by atoms with Crippen molar-refractivity contribution in [2.24, 2.45) is 0 Å². The van der Waals surface area contributed by atoms with Crippen LogP contribution >= 0.6 is 0 Å². The molecule has 0 amide bonds. The van der Waals surface area contributed by atoms with Crippen LogP contribution in [-0.4, -0.2) is 19.9 Å². The van der Waals surface area contributed by atoms with Gasteiger partial charge in [-0.15, -0.1) is 0 Å². The minimum Gasteiger partial charge on any atom is -0.339 e. The maximum atomic E-state index is 11.1. The predicted molar refractivity (Wildman–Crippen MR) is 40.8 cm³/mol. The molecule has 0 saturated heterocycles. The first-order valence-electron chi connectivity index (χ1n) is 3.20. The average molecular weight is 164 g/mol. The average Bonchev–Trinajstić information content (AvgIpc) is 2.43. The van der Waals surface area contributed by atoms with Gasteiger partial charge < -0.3 is 4.98 Å². The van der Waals surface area contributed by atoms with Crippen LogP contribution in [0.5, 0.6) is 0 Å². The van der Waals surface area contributed by atoms with E-state index in [2.05, 4.69) is 19.9 Å². The molecule has 6 heteroatoms. The van der Waals surface area contributed by atoms with Crippen LogP contribution in [-0.2, 0) is 0 Å². The first kappa shape index (κ1) is 6.71. The van der Waals surface area contributed by atoms with E-state index in [4.69, 9.17) is 0 Å². The van der Waals surface area contributed by atoms with Gasteiger partial charge in [-0.3, -0.25) is 14.6 Å². The molecule has 0 atom stereocenters. The Morgan fingerprint density at radius 2 is 2.08 bits per heavy atom. The van der Waals surface area contributed by atoms with Crippen molar-refractivity contribution in [3.8, 4) is 0 Å². The van der Waals surface area contributed by atoms with Gasteiger partial charge in [0.25, 0.3) is 11.1 Å². The maximum Gasteiger partial charge on any atom is 0.278 e. The van der Waals surface area contributed by atoms with Gasteiger partial charge in [0.1, 0.15) is 0 Å². The van der Waals surface area contributed by atoms with Crippen LogP contribution in [0.15, 0.2) is 22.1 Å². The van der Waals surface area contributed by atoms with Crippen molar-refractivity contribution in [2.45, 2.75) is 0 Å². The zero-order valence-electron chi connectivity index (χ0n) is 5.87. The van der Waals surface area contributed by atoms with E-state index < -0.39 is 11.1 Å². The van der Waals surface area contributed by atoms with Crippen molar-refractivity contribution in [1.29, 1.82) is 0 Å². The minimum absolute atomic E-state index is 0.206. The molecule has 0 saturated carbocycles. The molecule has 0 fully saturated rings. The summed E-state index contributed by atoms with van der Waals surface area (Å²) in [6.07, 6.45) is 2.36. The lowest BCUT2D eigenvalue weighted by molar-refractivity contribution is 1.17. The van der Waals surface area contributed by atoms with Crippen molar-refractivity contribution >= 4 is 11.2 Å². The zero-order valence-corrected chi connectivity index (χ0v) is 5.87. The molecule has 2 heterocycles. The van der Waals surface area contributed by atoms with Crippen molar-refractivity contribution in [2.75, 3.05) is 0 Å². The molecule has 0 aliphatic rings. The second-order valence-electron chi connectivity index (χ2n) is 2.18. The van der Waals surface area contributed by atoms with Gasteiger partial charge >= 0.3 is 0 Å². The van der Waals surface area contributed by atoms with Crippen molar-refractivity contribution in [3.05, 3.63) is 33.2 Å². The van der Waals surface area contributed by atoms with E-state index in [9.17, 15) is 9.59 Å². The highest BCUT2D eigenvalue weighted by atomic mass is 16.2. The van der Waals surface area contributed by atoms with Crippen LogP contribution < -0.4 is 11.1 Å². The fourth-order valence-electron chi connectivity index (χ4n) is 0.878. The van der Waals surface area contributed by atoms with Gasteiger partial charge in [0, 0.05) is 0 Å². The molecule has 0 bridgehead atoms. The van der Waals surface area contributed by atoms with Gasteiger partial charge in [-0.2, -0.15) is 0 Å². The Morgan fingerprint density at radius 1 is 1.25 bits per heavy atom. The fourth-order valence-corrected chi connectivity index (χ4v) is 0.878. The molecule has 0 radical (unpaired) electrons. The van der Waals surface area contributed by atoms with Crippen LogP contribution in [0.2, 0.25) is 0 Å². The zero-order chi connectivity index (χ0) is 8.55. The fraction of sp³-hybridized carbons (Fsp3) is 0. The minimum atomic E-state index is -0.536. The number of aromatic nitrogens is 4. The third-order valence-corrected chi connectivity index (χ3v) is 1.39. The SMILES string of the molecule is O=c1cnc2nc[nH]c2c(=O)[nH]1. The highest BCUT2D eigenvalue weighted by Crippen LogP contribution is 1.92. The molecule has 60 valence electrons. The third-order valence-electron chi connectivity index (χ3n) is 1.39. The number of rotatable bonds is 0. The largest absolute Gasteiger partial charge is 0.339 e. The monoisotopic (exact) mass is 164 g/mol. The van der Waals surface area contributed by atoms with Crippen molar-refractivity contribution in [1.82, 2.24) is 19.9 Å². The van der Waals surface area contributed by atoms with Crippen molar-refractivity contribution in [3.63, 3.8) is 0 Å². The van der Waals surface area contributed by atoms with Crippen LogP contribution in [0.4, 0.5) is 0 Å². The number of aromatic amines is 2. The summed E-state index contributed by atoms with van der Waals surface area (Å²) in [6.45, 7) is 0. The quantitative estimate of drug-likeness (QED) is 0.522. The molecular weight excluding hydrogens is 160 g/mol. The second-order valence-corrected chi connectivity index (χ2v) is 2.18. The van der Waals surface area contributed by atoms with Crippen molar-refractivity contribution < 1.29 is 0 Å². The Hall–Kier alpha value is -1.98. The summed E-state index contributed by atoms with van der Waals surface area (Å²) in [6, 6.07) is 0. The second kappa shape index (κ2) is 2.26. The lowest BCUT2D eigenvalue weighted by Gasteiger charge is -1.71. The first-order valence-corrected chi connectivity index (χ1v) is 3.20. The number of nitrogens with zero attached hydrogens (tertiary/aromatic N) is 2. The third kappa shape index (κ3) is 0.895. The number of H-pyrrole nitrogens is 2. The van der Waals surface area contributed by atoms with Crippen LogP contribution in [0.25, 0.3) is 11.2 Å². The van der Waals surface area contributed by atoms with Gasteiger partial charge in [0.15, 0.2) is 11.2 Å². The topological polar surface area (TPSA) is 91.5 Å². The summed E-state index contributed by atoms with van der Waals surface area (Å²) >= 11 is 0. The van der Waals surface area contributed by atoms with E-state index in [1.807, 2.05) is 0 Å². The van der Waals surface area contributed by atoms with Gasteiger partial charge in [-0.1, -0.05) is 0 Å². The van der Waals surface area contributed by atoms with E-state index in [1.165, 1.54) is 6.33 Å². The molecule has 0 aliphatic heterocycles. The Balaban J connectivity index is 3.13. The summed E-state index contributed by atoms with van der Waals surface area (Å²) in [5.74, 6) is 0. The molecule has 2 aromatic heterocycles. The van der Waals surface area contributed by atoms with E-state index in [0.717, 1.165) is 6.20 Å². The van der Waals surface area contributed by atoms with Crippen LogP contribution in [0.3, 0.4) is 0 Å². The lowest BCUT2D eigenvalue weighted by atomic mass is 10.6. The Morgan fingerprint density at radius 3 is 2.92 bits per heavy atom. The number of fused-ring (bicyclic) bond motifs is 1. The molecule has 2 N–H and O–H groups in total. The van der Waals surface area contributed by atoms with Gasteiger partial charge in [-0.25, -0.2) is 9.97 Å². The smallest absolute Gasteiger partial charge is 0.278 e. The van der Waals surface area contributed by atoms with E-state index in [1.54, 1.807) is 0 Å². The van der Waals surface area contributed by atoms with E-state index >= 15 is 0 Å². The summed E-state index contributed by atoms with van der Waals surface area (Å²) in [5.41, 5.74) is -0.605. The number of nitrogens with one attached hydrogen (secondary N) is 2. The summed E-state index contributed by atoms with van der Waals surface area (Å²) in [7, 11) is 0. The van der Waals surface area contributed by atoms with Gasteiger partial charge in [0.05, 0.1) is 12.5 Å². The van der Waals surface area contributed by atoms with Crippen LogP contribution in [0, 0.1) is 0 Å². The normalized spacial score (nSPS) is 10.3. The standard InChI is InChI=1S/C6H4N4O2/c11-3-1-7-5-4(6(12)10-3)8-2-9-5/h1-2H,(H,8,9)(H,10,11,12). The predicted octanol–water partition coefficient (Wildman–Crippen LogP) is -0.994. The molecule has 0 aromatic carbocycles. The lowest BCUT2D eigenvalue weighted by Crippen LogP contribution is -2.13. The molecule has 2 aromatic rings. The number of hydrogen-bond acceptors (Lipinski definition) is 4. The van der Waals surface area contributed by atoms with Gasteiger partial charge in [0.2, 0.25) is 0 Å². The van der Waals surface area contributed by atoms with E-state index in [-0.39, 0.29) is 11.2 Å². The Labute approximate surface area is 65.3 Å². The van der Waals surface area contributed by atoms with E-state index in [0.29, 0.717) is 0 Å². The molecule has 6 nitrogen and oxygen atoms in total. The van der Waals surface area contributed by atoms with Gasteiger partial charge in [-0.05, 0) is 0 Å². The summed E-state index contributed by atoms with van der Waals surface area (Å²) in [5, 5.41) is 0. The number of hydrogen-bond donors (Lipinski definition) is 2. The molecule has 0 aliphatic carbocycles. The highest BCUT2D eigenvalue weighted by molar-refractivity contribution is 5.67. The Bertz CT molecular complexity index is 527. The molecule has 0 unspecified atom stereocenters. The summed E-state index contributed by atoms with van der Waals surface area (Å²) < 4.78 is 0. The molecular formula is C6H4N4O2. The maximum absolute atomic E-state index is 11.1. The summed E-state index contributed by atoms with van der Waals surface area (Å²) in [4.78, 5) is 33.9. The molecule has 0 spiro atoms. The number of imidazole rings is 1. The molecule has 12 heavy (non-hydrogen) atoms. The highest BCUT2D eigenvalue weighted by Gasteiger charge is 1.98. The van der Waals surface area contributed by atoms with Crippen LogP contribution in [0.1, 0.15) is 0 Å². The molecule has 2 rings (SSSR count). The Kier molecular flexibility index (Phi) is 1.26.